The van der Waals surface area contributed by atoms with Gasteiger partial charge >= 0.3 is 0 Å². The zero-order valence-corrected chi connectivity index (χ0v) is 14.5. The van der Waals surface area contributed by atoms with Crippen LogP contribution in [0.5, 0.6) is 11.5 Å². The summed E-state index contributed by atoms with van der Waals surface area (Å²) in [6.07, 6.45) is 2.52. The number of carbonyl (C=O) groups is 1. The molecule has 6 nitrogen and oxygen atoms in total. The average molecular weight is 329 g/mol. The zero-order chi connectivity index (χ0) is 17.5. The van der Waals surface area contributed by atoms with E-state index in [2.05, 4.69) is 15.5 Å². The number of hydrazone groups is 1. The van der Waals surface area contributed by atoms with Crippen LogP contribution in [0.4, 0.5) is 0 Å². The van der Waals surface area contributed by atoms with Gasteiger partial charge in [0.05, 0.1) is 19.9 Å². The molecule has 0 aliphatic carbocycles. The lowest BCUT2D eigenvalue weighted by molar-refractivity contribution is 0.0954. The van der Waals surface area contributed by atoms with Crippen molar-refractivity contribution in [2.75, 3.05) is 13.7 Å². The van der Waals surface area contributed by atoms with Crippen molar-refractivity contribution in [1.29, 1.82) is 0 Å². The number of methoxy groups -OCH3 is 1. The van der Waals surface area contributed by atoms with Crippen molar-refractivity contribution in [1.82, 2.24) is 10.4 Å². The fourth-order valence-electron chi connectivity index (χ4n) is 2.24. The highest BCUT2D eigenvalue weighted by Gasteiger charge is 2.10. The van der Waals surface area contributed by atoms with Gasteiger partial charge in [-0.25, -0.2) is 5.43 Å². The second-order valence-electron chi connectivity index (χ2n) is 5.45. The summed E-state index contributed by atoms with van der Waals surface area (Å²) >= 11 is 0. The molecule has 24 heavy (non-hydrogen) atoms. The zero-order valence-electron chi connectivity index (χ0n) is 14.5. The van der Waals surface area contributed by atoms with Crippen LogP contribution < -0.4 is 14.9 Å². The second kappa shape index (κ2) is 8.19. The van der Waals surface area contributed by atoms with Crippen LogP contribution in [-0.4, -0.2) is 30.8 Å². The Bertz CT molecular complexity index is 735. The molecule has 0 aliphatic heterocycles. The van der Waals surface area contributed by atoms with Gasteiger partial charge in [-0.1, -0.05) is 6.92 Å². The SMILES string of the molecule is CCCOc1ccc(C(=O)N/N=C/c2cc(C)[nH]c2C)cc1OC. The quantitative estimate of drug-likeness (QED) is 0.605. The third kappa shape index (κ3) is 4.38. The number of amides is 1. The number of hydrogen-bond acceptors (Lipinski definition) is 4. The van der Waals surface area contributed by atoms with E-state index in [1.807, 2.05) is 26.8 Å². The van der Waals surface area contributed by atoms with Crippen molar-refractivity contribution < 1.29 is 14.3 Å². The molecule has 0 saturated carbocycles. The minimum absolute atomic E-state index is 0.309. The topological polar surface area (TPSA) is 75.7 Å². The molecule has 2 N–H and O–H groups in total. The minimum Gasteiger partial charge on any atom is -0.493 e. The first-order valence-corrected chi connectivity index (χ1v) is 7.85. The summed E-state index contributed by atoms with van der Waals surface area (Å²) in [7, 11) is 1.55. The number of aryl methyl sites for hydroxylation is 2. The number of carbonyl (C=O) groups excluding carboxylic acids is 1. The van der Waals surface area contributed by atoms with Crippen LogP contribution in [0.1, 0.15) is 40.7 Å². The Balaban J connectivity index is 2.05. The maximum absolute atomic E-state index is 12.2. The van der Waals surface area contributed by atoms with Crippen LogP contribution in [0.25, 0.3) is 0 Å². The van der Waals surface area contributed by atoms with Crippen LogP contribution in [-0.2, 0) is 0 Å². The Kier molecular flexibility index (Phi) is 6.01. The Morgan fingerprint density at radius 2 is 2.08 bits per heavy atom. The van der Waals surface area contributed by atoms with E-state index in [0.717, 1.165) is 23.4 Å². The van der Waals surface area contributed by atoms with Crippen LogP contribution in [0.3, 0.4) is 0 Å². The maximum atomic E-state index is 12.2. The van der Waals surface area contributed by atoms with Crippen molar-refractivity contribution in [3.8, 4) is 11.5 Å². The molecular weight excluding hydrogens is 306 g/mol. The van der Waals surface area contributed by atoms with E-state index in [4.69, 9.17) is 9.47 Å². The maximum Gasteiger partial charge on any atom is 0.271 e. The van der Waals surface area contributed by atoms with Crippen molar-refractivity contribution in [3.05, 3.63) is 46.8 Å². The highest BCUT2D eigenvalue weighted by atomic mass is 16.5. The van der Waals surface area contributed by atoms with Gasteiger partial charge in [0, 0.05) is 22.5 Å². The van der Waals surface area contributed by atoms with Gasteiger partial charge in [-0.2, -0.15) is 5.10 Å². The molecule has 0 bridgehead atoms. The number of hydrogen-bond donors (Lipinski definition) is 2. The molecular formula is C18H23N3O3. The number of nitrogens with one attached hydrogen (secondary N) is 2. The normalized spacial score (nSPS) is 10.8. The molecule has 1 heterocycles. The Morgan fingerprint density at radius 1 is 1.29 bits per heavy atom. The Labute approximate surface area is 141 Å². The molecule has 128 valence electrons. The van der Waals surface area contributed by atoms with Crippen LogP contribution in [0.2, 0.25) is 0 Å². The predicted octanol–water partition coefficient (Wildman–Crippen LogP) is 3.19. The summed E-state index contributed by atoms with van der Waals surface area (Å²) in [4.78, 5) is 15.4. The van der Waals surface area contributed by atoms with E-state index in [9.17, 15) is 4.79 Å². The minimum atomic E-state index is -0.309. The molecule has 0 aliphatic rings. The molecule has 1 amide bonds. The molecule has 2 aromatic rings. The van der Waals surface area contributed by atoms with Crippen molar-refractivity contribution in [2.45, 2.75) is 27.2 Å². The van der Waals surface area contributed by atoms with Gasteiger partial charge in [0.2, 0.25) is 0 Å². The summed E-state index contributed by atoms with van der Waals surface area (Å²) in [6, 6.07) is 7.02. The number of ether oxygens (including phenoxy) is 2. The molecule has 0 unspecified atom stereocenters. The number of H-pyrrole nitrogens is 1. The highest BCUT2D eigenvalue weighted by Crippen LogP contribution is 2.28. The van der Waals surface area contributed by atoms with Gasteiger partial charge < -0.3 is 14.5 Å². The molecule has 0 spiro atoms. The number of benzene rings is 1. The first-order valence-electron chi connectivity index (χ1n) is 7.85. The smallest absolute Gasteiger partial charge is 0.271 e. The molecule has 0 saturated heterocycles. The lowest BCUT2D eigenvalue weighted by Crippen LogP contribution is -2.17. The van der Waals surface area contributed by atoms with E-state index >= 15 is 0 Å². The number of nitrogens with zero attached hydrogens (tertiary/aromatic N) is 1. The first kappa shape index (κ1) is 17.6. The third-order valence-electron chi connectivity index (χ3n) is 3.45. The monoisotopic (exact) mass is 329 g/mol. The summed E-state index contributed by atoms with van der Waals surface area (Å²) in [5.41, 5.74) is 5.96. The molecule has 6 heteroatoms. The van der Waals surface area contributed by atoms with Gasteiger partial charge in [-0.15, -0.1) is 0 Å². The average Bonchev–Trinajstić information content (AvgIpc) is 2.90. The van der Waals surface area contributed by atoms with Gasteiger partial charge in [-0.3, -0.25) is 4.79 Å². The predicted molar refractivity (Wildman–Crippen MR) is 94.1 cm³/mol. The molecule has 0 fully saturated rings. The van der Waals surface area contributed by atoms with Crippen molar-refractivity contribution in [3.63, 3.8) is 0 Å². The van der Waals surface area contributed by atoms with Crippen LogP contribution in [0.15, 0.2) is 29.4 Å². The number of aromatic amines is 1. The van der Waals surface area contributed by atoms with E-state index in [1.54, 1.807) is 31.5 Å². The molecule has 2 rings (SSSR count). The van der Waals surface area contributed by atoms with Gasteiger partial charge in [0.25, 0.3) is 5.91 Å². The van der Waals surface area contributed by atoms with Gasteiger partial charge in [0.15, 0.2) is 11.5 Å². The van der Waals surface area contributed by atoms with E-state index in [1.165, 1.54) is 0 Å². The number of aromatic nitrogens is 1. The standard InChI is InChI=1S/C18H23N3O3/c1-5-8-24-16-7-6-14(10-17(16)23-4)18(22)21-19-11-15-9-12(2)20-13(15)3/h6-7,9-11,20H,5,8H2,1-4H3,(H,21,22)/b19-11+. The van der Waals surface area contributed by atoms with Gasteiger partial charge in [0.1, 0.15) is 0 Å². The Hall–Kier alpha value is -2.76. The van der Waals surface area contributed by atoms with Gasteiger partial charge in [-0.05, 0) is 44.5 Å². The van der Waals surface area contributed by atoms with E-state index in [-0.39, 0.29) is 5.91 Å². The van der Waals surface area contributed by atoms with E-state index < -0.39 is 0 Å². The van der Waals surface area contributed by atoms with Crippen LogP contribution >= 0.6 is 0 Å². The Morgan fingerprint density at radius 3 is 2.71 bits per heavy atom. The van der Waals surface area contributed by atoms with E-state index in [0.29, 0.717) is 23.7 Å². The molecule has 0 radical (unpaired) electrons. The lowest BCUT2D eigenvalue weighted by Gasteiger charge is -2.11. The third-order valence-corrected chi connectivity index (χ3v) is 3.45. The second-order valence-corrected chi connectivity index (χ2v) is 5.45. The summed E-state index contributed by atoms with van der Waals surface area (Å²) in [5, 5.41) is 4.00. The van der Waals surface area contributed by atoms with Crippen molar-refractivity contribution in [2.24, 2.45) is 5.10 Å². The number of rotatable bonds is 7. The molecule has 1 aromatic carbocycles. The van der Waals surface area contributed by atoms with Crippen LogP contribution in [0, 0.1) is 13.8 Å². The molecule has 1 aromatic heterocycles. The summed E-state index contributed by atoms with van der Waals surface area (Å²) in [5.74, 6) is 0.839. The summed E-state index contributed by atoms with van der Waals surface area (Å²) in [6.45, 7) is 6.55. The van der Waals surface area contributed by atoms with Crippen molar-refractivity contribution >= 4 is 12.1 Å². The summed E-state index contributed by atoms with van der Waals surface area (Å²) < 4.78 is 10.9. The first-order chi connectivity index (χ1) is 11.5. The largest absolute Gasteiger partial charge is 0.493 e. The lowest BCUT2D eigenvalue weighted by atomic mass is 10.2. The fraction of sp³-hybridized carbons (Fsp3) is 0.333. The highest BCUT2D eigenvalue weighted by molar-refractivity contribution is 5.95. The molecule has 0 atom stereocenters. The fourth-order valence-corrected chi connectivity index (χ4v) is 2.24.